The van der Waals surface area contributed by atoms with E-state index in [9.17, 15) is 35.6 Å². The van der Waals surface area contributed by atoms with Gasteiger partial charge in [0.05, 0.1) is 10.5 Å². The smallest absolute Gasteiger partial charge is 0.351 e. The van der Waals surface area contributed by atoms with Gasteiger partial charge in [0, 0.05) is 32.5 Å². The summed E-state index contributed by atoms with van der Waals surface area (Å²) in [6.07, 6.45) is -4.43. The number of nitrogens with one attached hydrogen (secondary N) is 2. The molecule has 1 unspecified atom stereocenters. The van der Waals surface area contributed by atoms with Crippen molar-refractivity contribution in [2.24, 2.45) is 0 Å². The fourth-order valence-corrected chi connectivity index (χ4v) is 5.64. The predicted octanol–water partition coefficient (Wildman–Crippen LogP) is 2.86. The molecule has 1 heterocycles. The maximum absolute atomic E-state index is 13.5. The van der Waals surface area contributed by atoms with E-state index in [0.717, 1.165) is 22.5 Å². The summed E-state index contributed by atoms with van der Waals surface area (Å²) in [5.74, 6) is -1.45. The van der Waals surface area contributed by atoms with Gasteiger partial charge in [-0.05, 0) is 42.7 Å². The van der Waals surface area contributed by atoms with Crippen molar-refractivity contribution in [1.29, 1.82) is 0 Å². The second kappa shape index (κ2) is 10.7. The molecule has 0 spiro atoms. The van der Waals surface area contributed by atoms with Gasteiger partial charge in [0.1, 0.15) is 11.9 Å². The Kier molecular flexibility index (Phi) is 8.16. The average molecular weight is 516 g/mol. The van der Waals surface area contributed by atoms with Gasteiger partial charge in [-0.25, -0.2) is 12.8 Å². The number of piperidine rings is 1. The van der Waals surface area contributed by atoms with Crippen LogP contribution in [0.25, 0.3) is 0 Å². The highest BCUT2D eigenvalue weighted by Gasteiger charge is 2.39. The van der Waals surface area contributed by atoms with Gasteiger partial charge in [0.2, 0.25) is 21.8 Å². The lowest BCUT2D eigenvalue weighted by molar-refractivity contribution is -0.140. The molecule has 0 aromatic heterocycles. The van der Waals surface area contributed by atoms with Gasteiger partial charge in [-0.15, -0.1) is 0 Å². The van der Waals surface area contributed by atoms with Crippen molar-refractivity contribution >= 4 is 21.8 Å². The highest BCUT2D eigenvalue weighted by atomic mass is 32.2. The van der Waals surface area contributed by atoms with Crippen LogP contribution in [0.1, 0.15) is 30.9 Å². The second-order valence-electron chi connectivity index (χ2n) is 8.27. The summed E-state index contributed by atoms with van der Waals surface area (Å²) in [7, 11) is -4.40. The van der Waals surface area contributed by atoms with Crippen molar-refractivity contribution in [3.05, 3.63) is 65.5 Å². The molecule has 35 heavy (non-hydrogen) atoms. The zero-order valence-electron chi connectivity index (χ0n) is 18.8. The third-order valence-electron chi connectivity index (χ3n) is 5.63. The van der Waals surface area contributed by atoms with E-state index >= 15 is 0 Å². The molecular weight excluding hydrogens is 490 g/mol. The number of rotatable bonds is 7. The zero-order chi connectivity index (χ0) is 25.8. The molecule has 0 bridgehead atoms. The topological polar surface area (TPSA) is 95.6 Å². The molecule has 1 aliphatic rings. The van der Waals surface area contributed by atoms with Crippen LogP contribution in [0.15, 0.2) is 53.4 Å². The molecule has 0 aliphatic carbocycles. The minimum absolute atomic E-state index is 0.0463. The van der Waals surface area contributed by atoms with Crippen molar-refractivity contribution in [2.45, 2.75) is 49.3 Å². The maximum Gasteiger partial charge on any atom is 0.417 e. The number of amides is 2. The van der Waals surface area contributed by atoms with E-state index in [0.29, 0.717) is 5.56 Å². The van der Waals surface area contributed by atoms with Crippen molar-refractivity contribution in [3.8, 4) is 0 Å². The van der Waals surface area contributed by atoms with Crippen LogP contribution in [0.3, 0.4) is 0 Å². The molecule has 1 saturated heterocycles. The van der Waals surface area contributed by atoms with E-state index in [-0.39, 0.29) is 32.4 Å². The minimum atomic E-state index is -4.82. The van der Waals surface area contributed by atoms with E-state index in [1.165, 1.54) is 31.2 Å². The molecule has 3 rings (SSSR count). The zero-order valence-corrected chi connectivity index (χ0v) is 19.6. The van der Waals surface area contributed by atoms with Gasteiger partial charge in [-0.2, -0.15) is 17.5 Å². The summed E-state index contributed by atoms with van der Waals surface area (Å²) in [6.45, 7) is 1.07. The Bertz CT molecular complexity index is 1180. The highest BCUT2D eigenvalue weighted by Crippen LogP contribution is 2.35. The van der Waals surface area contributed by atoms with Crippen LogP contribution in [0, 0.1) is 5.82 Å². The molecule has 190 valence electrons. The van der Waals surface area contributed by atoms with E-state index in [2.05, 4.69) is 10.6 Å². The number of hydrogen-bond donors (Lipinski definition) is 2. The molecule has 2 aromatic rings. The number of benzene rings is 2. The van der Waals surface area contributed by atoms with E-state index in [1.807, 2.05) is 0 Å². The van der Waals surface area contributed by atoms with Gasteiger partial charge >= 0.3 is 6.18 Å². The fourth-order valence-electron chi connectivity index (χ4n) is 3.96. The second-order valence-corrected chi connectivity index (χ2v) is 10.2. The first kappa shape index (κ1) is 26.6. The Labute approximate surface area is 200 Å². The summed E-state index contributed by atoms with van der Waals surface area (Å²) in [5, 5.41) is 5.28. The Morgan fingerprint density at radius 2 is 1.74 bits per heavy atom. The third kappa shape index (κ3) is 6.79. The normalized spacial score (nSPS) is 16.5. The van der Waals surface area contributed by atoms with Crippen molar-refractivity contribution in [2.75, 3.05) is 13.1 Å². The first-order valence-electron chi connectivity index (χ1n) is 10.9. The maximum atomic E-state index is 13.5. The van der Waals surface area contributed by atoms with Crippen molar-refractivity contribution in [3.63, 3.8) is 0 Å². The molecule has 2 amide bonds. The van der Waals surface area contributed by atoms with Crippen LogP contribution in [-0.2, 0) is 32.2 Å². The number of alkyl halides is 3. The largest absolute Gasteiger partial charge is 0.417 e. The number of nitrogens with zero attached hydrogens (tertiary/aromatic N) is 1. The van der Waals surface area contributed by atoms with Crippen molar-refractivity contribution in [1.82, 2.24) is 14.9 Å². The molecule has 1 aliphatic heterocycles. The van der Waals surface area contributed by atoms with Crippen molar-refractivity contribution < 1.29 is 35.6 Å². The van der Waals surface area contributed by atoms with Crippen LogP contribution in [0.2, 0.25) is 0 Å². The Morgan fingerprint density at radius 1 is 1.09 bits per heavy atom. The number of sulfonamides is 1. The predicted molar refractivity (Wildman–Crippen MR) is 119 cm³/mol. The molecule has 0 saturated carbocycles. The Hall–Kier alpha value is -2.99. The number of carbonyl (C=O) groups is 2. The van der Waals surface area contributed by atoms with E-state index in [1.54, 1.807) is 6.07 Å². The van der Waals surface area contributed by atoms with Crippen LogP contribution >= 0.6 is 0 Å². The van der Waals surface area contributed by atoms with Gasteiger partial charge in [0.25, 0.3) is 0 Å². The Balaban J connectivity index is 1.66. The summed E-state index contributed by atoms with van der Waals surface area (Å²) in [5.41, 5.74) is -0.728. The van der Waals surface area contributed by atoms with Crippen LogP contribution in [0.5, 0.6) is 0 Å². The molecule has 2 aromatic carbocycles. The number of hydrogen-bond acceptors (Lipinski definition) is 4. The molecule has 1 fully saturated rings. The molecule has 2 N–H and O–H groups in total. The third-order valence-corrected chi connectivity index (χ3v) is 7.59. The molecule has 0 radical (unpaired) electrons. The molecule has 7 nitrogen and oxygen atoms in total. The highest BCUT2D eigenvalue weighted by molar-refractivity contribution is 7.89. The van der Waals surface area contributed by atoms with Gasteiger partial charge in [-0.1, -0.05) is 24.3 Å². The van der Waals surface area contributed by atoms with E-state index in [4.69, 9.17) is 0 Å². The standard InChI is InChI=1S/C23H25F4N3O4S/c1-15(31)28-20(14-16-5-4-6-17(24)13-16)22(32)29-18-9-11-30(12-10-18)35(33,34)21-8-3-2-7-19(21)23(25,26)27/h2-8,13,18,20H,9-12,14H2,1H3,(H,28,31)(H,29,32). The first-order valence-corrected chi connectivity index (χ1v) is 12.3. The minimum Gasteiger partial charge on any atom is -0.351 e. The lowest BCUT2D eigenvalue weighted by atomic mass is 10.0. The number of carbonyl (C=O) groups excluding carboxylic acids is 2. The SMILES string of the molecule is CC(=O)NC(Cc1cccc(F)c1)C(=O)NC1CCN(S(=O)(=O)c2ccccc2C(F)(F)F)CC1. The summed E-state index contributed by atoms with van der Waals surface area (Å²) in [4.78, 5) is 23.6. The van der Waals surface area contributed by atoms with Crippen LogP contribution in [-0.4, -0.2) is 49.7 Å². The summed E-state index contributed by atoms with van der Waals surface area (Å²) < 4.78 is 80.2. The van der Waals surface area contributed by atoms with Gasteiger partial charge in [0.15, 0.2) is 0 Å². The van der Waals surface area contributed by atoms with Crippen LogP contribution in [0.4, 0.5) is 17.6 Å². The molecule has 12 heteroatoms. The van der Waals surface area contributed by atoms with Gasteiger partial charge < -0.3 is 10.6 Å². The Morgan fingerprint density at radius 3 is 2.34 bits per heavy atom. The first-order chi connectivity index (χ1) is 16.4. The summed E-state index contributed by atoms with van der Waals surface area (Å²) >= 11 is 0. The van der Waals surface area contributed by atoms with E-state index < -0.39 is 56.4 Å². The molecule has 1 atom stereocenters. The van der Waals surface area contributed by atoms with Gasteiger partial charge in [-0.3, -0.25) is 9.59 Å². The lowest BCUT2D eigenvalue weighted by Gasteiger charge is -2.33. The quantitative estimate of drug-likeness (QED) is 0.555. The lowest BCUT2D eigenvalue weighted by Crippen LogP contribution is -2.53. The monoisotopic (exact) mass is 515 g/mol. The molecular formula is C23H25F4N3O4S. The summed E-state index contributed by atoms with van der Waals surface area (Å²) in [6, 6.07) is 8.20. The van der Waals surface area contributed by atoms with Crippen LogP contribution < -0.4 is 10.6 Å². The average Bonchev–Trinajstić information content (AvgIpc) is 2.78. The fraction of sp³-hybridized carbons (Fsp3) is 0.391. The number of halogens is 4.